The molecule has 5 nitrogen and oxygen atoms in total. The Morgan fingerprint density at radius 1 is 1.39 bits per heavy atom. The number of rotatable bonds is 3. The average Bonchev–Trinajstić information content (AvgIpc) is 2.33. The fraction of sp³-hybridized carbons (Fsp3) is 0.273. The zero-order valence-electron chi connectivity index (χ0n) is 9.88. The molecule has 3 N–H and O–H groups in total. The summed E-state index contributed by atoms with van der Waals surface area (Å²) < 4.78 is 0.841. The van der Waals surface area contributed by atoms with Crippen LogP contribution < -0.4 is 16.0 Å². The molecular weight excluding hydrogens is 321 g/mol. The van der Waals surface area contributed by atoms with Gasteiger partial charge in [0, 0.05) is 11.5 Å². The van der Waals surface area contributed by atoms with Crippen molar-refractivity contribution in [3.8, 4) is 0 Å². The Hall–Kier alpha value is -1.27. The molecule has 98 valence electrons. The van der Waals surface area contributed by atoms with Crippen molar-refractivity contribution >= 4 is 45.2 Å². The number of benzene rings is 1. The van der Waals surface area contributed by atoms with E-state index in [-0.39, 0.29) is 0 Å². The van der Waals surface area contributed by atoms with E-state index in [1.165, 1.54) is 7.05 Å². The fourth-order valence-corrected chi connectivity index (χ4v) is 1.72. The Bertz CT molecular complexity index is 468. The molecule has 1 aromatic rings. The molecule has 0 aromatic heterocycles. The standard InChI is InChI=1S/C11H13BrClN3O2/c1-6(10(17)16-11(18)14-2)15-9-5-7(12)3-4-8(9)13/h3-6,15H,1-2H3,(H2,14,16,17,18). The topological polar surface area (TPSA) is 70.2 Å². The largest absolute Gasteiger partial charge is 0.373 e. The first-order valence-electron chi connectivity index (χ1n) is 5.18. The van der Waals surface area contributed by atoms with Gasteiger partial charge >= 0.3 is 6.03 Å². The van der Waals surface area contributed by atoms with E-state index in [9.17, 15) is 9.59 Å². The second-order valence-corrected chi connectivity index (χ2v) is 4.88. The third-order valence-corrected chi connectivity index (χ3v) is 2.98. The van der Waals surface area contributed by atoms with Crippen LogP contribution in [0.3, 0.4) is 0 Å². The number of imide groups is 1. The van der Waals surface area contributed by atoms with Gasteiger partial charge in [0.25, 0.3) is 0 Å². The van der Waals surface area contributed by atoms with Crippen LogP contribution in [0.1, 0.15) is 6.92 Å². The molecule has 0 fully saturated rings. The first-order chi connectivity index (χ1) is 8.43. The molecule has 0 aliphatic rings. The SMILES string of the molecule is CNC(=O)NC(=O)C(C)Nc1cc(Br)ccc1Cl. The maximum absolute atomic E-state index is 11.6. The van der Waals surface area contributed by atoms with Crippen molar-refractivity contribution in [2.45, 2.75) is 13.0 Å². The van der Waals surface area contributed by atoms with Crippen LogP contribution in [0.4, 0.5) is 10.5 Å². The zero-order chi connectivity index (χ0) is 13.7. The Balaban J connectivity index is 2.69. The predicted molar refractivity (Wildman–Crippen MR) is 74.8 cm³/mol. The monoisotopic (exact) mass is 333 g/mol. The van der Waals surface area contributed by atoms with Crippen molar-refractivity contribution in [2.24, 2.45) is 0 Å². The van der Waals surface area contributed by atoms with Crippen LogP contribution in [-0.4, -0.2) is 25.0 Å². The van der Waals surface area contributed by atoms with Crippen LogP contribution in [0.5, 0.6) is 0 Å². The van der Waals surface area contributed by atoms with Gasteiger partial charge in [-0.1, -0.05) is 27.5 Å². The van der Waals surface area contributed by atoms with Gasteiger partial charge in [0.2, 0.25) is 5.91 Å². The van der Waals surface area contributed by atoms with Crippen LogP contribution in [0.15, 0.2) is 22.7 Å². The van der Waals surface area contributed by atoms with Crippen LogP contribution in [0.25, 0.3) is 0 Å². The van der Waals surface area contributed by atoms with Gasteiger partial charge < -0.3 is 10.6 Å². The van der Waals surface area contributed by atoms with Crippen molar-refractivity contribution in [1.29, 1.82) is 0 Å². The number of carbonyl (C=O) groups excluding carboxylic acids is 2. The minimum Gasteiger partial charge on any atom is -0.373 e. The average molecular weight is 335 g/mol. The van der Waals surface area contributed by atoms with Crippen molar-refractivity contribution in [3.05, 3.63) is 27.7 Å². The molecule has 0 spiro atoms. The van der Waals surface area contributed by atoms with Gasteiger partial charge in [-0.2, -0.15) is 0 Å². The first kappa shape index (κ1) is 14.8. The lowest BCUT2D eigenvalue weighted by molar-refractivity contribution is -0.120. The van der Waals surface area contributed by atoms with Crippen molar-refractivity contribution in [1.82, 2.24) is 10.6 Å². The third kappa shape index (κ3) is 4.19. The lowest BCUT2D eigenvalue weighted by Gasteiger charge is -2.15. The predicted octanol–water partition coefficient (Wildman–Crippen LogP) is 2.36. The minimum absolute atomic E-state index is 0.439. The zero-order valence-corrected chi connectivity index (χ0v) is 12.2. The third-order valence-electron chi connectivity index (χ3n) is 2.16. The summed E-state index contributed by atoms with van der Waals surface area (Å²) in [6.07, 6.45) is 0. The Morgan fingerprint density at radius 3 is 2.67 bits per heavy atom. The first-order valence-corrected chi connectivity index (χ1v) is 6.35. The van der Waals surface area contributed by atoms with Crippen LogP contribution >= 0.6 is 27.5 Å². The number of amides is 3. The molecular formula is C11H13BrClN3O2. The molecule has 0 saturated carbocycles. The van der Waals surface area contributed by atoms with Gasteiger partial charge in [-0.15, -0.1) is 0 Å². The molecule has 1 aromatic carbocycles. The van der Waals surface area contributed by atoms with Gasteiger partial charge in [-0.05, 0) is 25.1 Å². The van der Waals surface area contributed by atoms with Crippen LogP contribution in [0.2, 0.25) is 5.02 Å². The molecule has 0 heterocycles. The number of urea groups is 1. The highest BCUT2D eigenvalue weighted by Crippen LogP contribution is 2.26. The summed E-state index contributed by atoms with van der Waals surface area (Å²) in [5.74, 6) is -0.439. The van der Waals surface area contributed by atoms with Gasteiger partial charge in [0.1, 0.15) is 6.04 Å². The fourth-order valence-electron chi connectivity index (χ4n) is 1.19. The normalized spacial score (nSPS) is 11.6. The Labute approximate surface area is 118 Å². The quantitative estimate of drug-likeness (QED) is 0.795. The van der Waals surface area contributed by atoms with E-state index < -0.39 is 18.0 Å². The second kappa shape index (κ2) is 6.61. The van der Waals surface area contributed by atoms with E-state index >= 15 is 0 Å². The summed E-state index contributed by atoms with van der Waals surface area (Å²) in [6, 6.07) is 4.12. The highest BCUT2D eigenvalue weighted by molar-refractivity contribution is 9.10. The van der Waals surface area contributed by atoms with Crippen molar-refractivity contribution in [3.63, 3.8) is 0 Å². The molecule has 7 heteroatoms. The lowest BCUT2D eigenvalue weighted by Crippen LogP contribution is -2.44. The summed E-state index contributed by atoms with van der Waals surface area (Å²) >= 11 is 9.30. The number of halogens is 2. The number of nitrogens with one attached hydrogen (secondary N) is 3. The number of carbonyl (C=O) groups is 2. The Morgan fingerprint density at radius 2 is 2.06 bits per heavy atom. The maximum Gasteiger partial charge on any atom is 0.321 e. The second-order valence-electron chi connectivity index (χ2n) is 3.56. The van der Waals surface area contributed by atoms with Gasteiger partial charge in [0.05, 0.1) is 10.7 Å². The van der Waals surface area contributed by atoms with Gasteiger partial charge in [-0.3, -0.25) is 10.1 Å². The molecule has 1 rings (SSSR count). The smallest absolute Gasteiger partial charge is 0.321 e. The van der Waals surface area contributed by atoms with Crippen molar-refractivity contribution in [2.75, 3.05) is 12.4 Å². The summed E-state index contributed by atoms with van der Waals surface area (Å²) in [4.78, 5) is 22.6. The number of hydrogen-bond donors (Lipinski definition) is 3. The van der Waals surface area contributed by atoms with Gasteiger partial charge in [0.15, 0.2) is 0 Å². The number of anilines is 1. The molecule has 3 amide bonds. The van der Waals surface area contributed by atoms with E-state index in [2.05, 4.69) is 31.9 Å². The molecule has 1 atom stereocenters. The summed E-state index contributed by atoms with van der Waals surface area (Å²) in [7, 11) is 1.44. The highest BCUT2D eigenvalue weighted by Gasteiger charge is 2.16. The Kier molecular flexibility index (Phi) is 5.43. The van der Waals surface area contributed by atoms with E-state index in [1.54, 1.807) is 25.1 Å². The molecule has 0 bridgehead atoms. The summed E-state index contributed by atoms with van der Waals surface area (Å²) in [5, 5.41) is 7.90. The molecule has 0 radical (unpaired) electrons. The molecule has 0 aliphatic carbocycles. The molecule has 18 heavy (non-hydrogen) atoms. The van der Waals surface area contributed by atoms with Crippen LogP contribution in [0, 0.1) is 0 Å². The molecule has 1 unspecified atom stereocenters. The van der Waals surface area contributed by atoms with E-state index in [4.69, 9.17) is 11.6 Å². The maximum atomic E-state index is 11.6. The highest BCUT2D eigenvalue weighted by atomic mass is 79.9. The van der Waals surface area contributed by atoms with E-state index in [1.807, 2.05) is 0 Å². The van der Waals surface area contributed by atoms with E-state index in [0.717, 1.165) is 4.47 Å². The minimum atomic E-state index is -0.589. The van der Waals surface area contributed by atoms with Crippen LogP contribution in [-0.2, 0) is 4.79 Å². The van der Waals surface area contributed by atoms with Crippen molar-refractivity contribution < 1.29 is 9.59 Å². The summed E-state index contributed by atoms with van der Waals surface area (Å²) in [6.45, 7) is 1.63. The molecule has 0 saturated heterocycles. The summed E-state index contributed by atoms with van der Waals surface area (Å²) in [5.41, 5.74) is 0.616. The van der Waals surface area contributed by atoms with Gasteiger partial charge in [-0.25, -0.2) is 4.79 Å². The number of hydrogen-bond acceptors (Lipinski definition) is 3. The lowest BCUT2D eigenvalue weighted by atomic mass is 10.2. The molecule has 0 aliphatic heterocycles. The van der Waals surface area contributed by atoms with E-state index in [0.29, 0.717) is 10.7 Å².